The van der Waals surface area contributed by atoms with E-state index in [1.54, 1.807) is 12.1 Å². The van der Waals surface area contributed by atoms with E-state index in [9.17, 15) is 9.18 Å². The molecule has 1 saturated carbocycles. The molecule has 3 unspecified atom stereocenters. The van der Waals surface area contributed by atoms with Crippen LogP contribution >= 0.6 is 12.4 Å². The van der Waals surface area contributed by atoms with Crippen LogP contribution in [0.25, 0.3) is 0 Å². The predicted octanol–water partition coefficient (Wildman–Crippen LogP) is 3.14. The van der Waals surface area contributed by atoms with Gasteiger partial charge in [0.1, 0.15) is 5.82 Å². The monoisotopic (exact) mass is 340 g/mol. The number of carbonyl (C=O) groups is 1. The van der Waals surface area contributed by atoms with Gasteiger partial charge in [-0.1, -0.05) is 18.9 Å². The zero-order valence-electron chi connectivity index (χ0n) is 13.6. The number of hydrogen-bond donors (Lipinski definition) is 2. The van der Waals surface area contributed by atoms with Crippen molar-refractivity contribution in [1.29, 1.82) is 0 Å². The molecule has 1 aromatic carbocycles. The van der Waals surface area contributed by atoms with Gasteiger partial charge in [0.05, 0.1) is 6.04 Å². The molecule has 1 aliphatic heterocycles. The first kappa shape index (κ1) is 18.2. The molecule has 1 aromatic rings. The van der Waals surface area contributed by atoms with E-state index in [2.05, 4.69) is 10.6 Å². The standard InChI is InChI=1S/C18H25FN2O.ClH/c1-12-10-15(19)7-6-13(12)8-9-20-18(22)17-11-14-4-2-3-5-16(14)21-17;/h6-7,10,14,16-17,21H,2-5,8-9,11H2,1H3,(H,20,22);1H. The van der Waals surface area contributed by atoms with Crippen LogP contribution < -0.4 is 10.6 Å². The van der Waals surface area contributed by atoms with Crippen molar-refractivity contribution in [2.45, 2.75) is 57.5 Å². The van der Waals surface area contributed by atoms with Crippen LogP contribution in [-0.4, -0.2) is 24.5 Å². The molecule has 0 radical (unpaired) electrons. The molecule has 2 aliphatic rings. The minimum atomic E-state index is -0.206. The Labute approximate surface area is 143 Å². The molecule has 5 heteroatoms. The molecule has 3 rings (SSSR count). The SMILES string of the molecule is Cc1cc(F)ccc1CCNC(=O)C1CC2CCCCC2N1.Cl. The second-order valence-corrected chi connectivity index (χ2v) is 6.72. The molecule has 3 nitrogen and oxygen atoms in total. The van der Waals surface area contributed by atoms with Crippen molar-refractivity contribution in [2.24, 2.45) is 5.92 Å². The van der Waals surface area contributed by atoms with Crippen molar-refractivity contribution in [3.05, 3.63) is 35.1 Å². The molecule has 23 heavy (non-hydrogen) atoms. The smallest absolute Gasteiger partial charge is 0.237 e. The Kier molecular flexibility index (Phi) is 6.42. The Bertz CT molecular complexity index is 538. The topological polar surface area (TPSA) is 41.1 Å². The van der Waals surface area contributed by atoms with E-state index in [4.69, 9.17) is 0 Å². The predicted molar refractivity (Wildman–Crippen MR) is 92.4 cm³/mol. The van der Waals surface area contributed by atoms with Crippen molar-refractivity contribution in [2.75, 3.05) is 6.54 Å². The molecule has 128 valence electrons. The number of fused-ring (bicyclic) bond motifs is 1. The van der Waals surface area contributed by atoms with Gasteiger partial charge in [0.2, 0.25) is 5.91 Å². The highest BCUT2D eigenvalue weighted by molar-refractivity contribution is 5.85. The van der Waals surface area contributed by atoms with E-state index in [1.165, 1.54) is 31.7 Å². The average Bonchev–Trinajstić information content (AvgIpc) is 2.93. The highest BCUT2D eigenvalue weighted by atomic mass is 35.5. The first-order valence-corrected chi connectivity index (χ1v) is 8.42. The molecule has 2 N–H and O–H groups in total. The Morgan fingerprint density at radius 3 is 2.87 bits per heavy atom. The molecule has 2 fully saturated rings. The third-order valence-electron chi connectivity index (χ3n) is 5.18. The fraction of sp³-hybridized carbons (Fsp3) is 0.611. The van der Waals surface area contributed by atoms with Gasteiger partial charge in [0, 0.05) is 12.6 Å². The normalized spacial score (nSPS) is 26.3. The Morgan fingerprint density at radius 2 is 2.13 bits per heavy atom. The fourth-order valence-corrected chi connectivity index (χ4v) is 3.90. The second-order valence-electron chi connectivity index (χ2n) is 6.72. The van der Waals surface area contributed by atoms with Crippen LogP contribution in [-0.2, 0) is 11.2 Å². The lowest BCUT2D eigenvalue weighted by molar-refractivity contribution is -0.122. The quantitative estimate of drug-likeness (QED) is 0.884. The molecular formula is C18H26ClFN2O. The lowest BCUT2D eigenvalue weighted by Crippen LogP contribution is -2.43. The summed E-state index contributed by atoms with van der Waals surface area (Å²) in [5.41, 5.74) is 2.04. The summed E-state index contributed by atoms with van der Waals surface area (Å²) >= 11 is 0. The number of carbonyl (C=O) groups excluding carboxylic acids is 1. The number of hydrogen-bond acceptors (Lipinski definition) is 2. The van der Waals surface area contributed by atoms with E-state index in [0.717, 1.165) is 24.0 Å². The summed E-state index contributed by atoms with van der Waals surface area (Å²) in [7, 11) is 0. The van der Waals surface area contributed by atoms with E-state index in [0.29, 0.717) is 18.5 Å². The van der Waals surface area contributed by atoms with Crippen LogP contribution in [0.2, 0.25) is 0 Å². The van der Waals surface area contributed by atoms with E-state index in [-0.39, 0.29) is 30.2 Å². The van der Waals surface area contributed by atoms with E-state index >= 15 is 0 Å². The van der Waals surface area contributed by atoms with E-state index < -0.39 is 0 Å². The van der Waals surface area contributed by atoms with Crippen molar-refractivity contribution in [3.63, 3.8) is 0 Å². The van der Waals surface area contributed by atoms with Crippen LogP contribution in [0.1, 0.15) is 43.2 Å². The molecule has 0 bridgehead atoms. The first-order valence-electron chi connectivity index (χ1n) is 8.42. The van der Waals surface area contributed by atoms with Crippen LogP contribution in [0.3, 0.4) is 0 Å². The largest absolute Gasteiger partial charge is 0.354 e. The van der Waals surface area contributed by atoms with Gasteiger partial charge in [-0.3, -0.25) is 4.79 Å². The summed E-state index contributed by atoms with van der Waals surface area (Å²) in [5, 5.41) is 6.53. The zero-order chi connectivity index (χ0) is 15.5. The highest BCUT2D eigenvalue weighted by Gasteiger charge is 2.37. The number of amides is 1. The molecule has 1 aliphatic carbocycles. The highest BCUT2D eigenvalue weighted by Crippen LogP contribution is 2.33. The van der Waals surface area contributed by atoms with Crippen LogP contribution in [0, 0.1) is 18.7 Å². The van der Waals surface area contributed by atoms with Gasteiger partial charge < -0.3 is 10.6 Å². The van der Waals surface area contributed by atoms with Crippen molar-refractivity contribution >= 4 is 18.3 Å². The van der Waals surface area contributed by atoms with Crippen molar-refractivity contribution < 1.29 is 9.18 Å². The zero-order valence-corrected chi connectivity index (χ0v) is 14.4. The van der Waals surface area contributed by atoms with Crippen LogP contribution in [0.15, 0.2) is 18.2 Å². The Morgan fingerprint density at radius 1 is 1.35 bits per heavy atom. The minimum absolute atomic E-state index is 0. The summed E-state index contributed by atoms with van der Waals surface area (Å²) in [6.45, 7) is 2.52. The number of halogens is 2. The van der Waals surface area contributed by atoms with Gasteiger partial charge in [-0.25, -0.2) is 4.39 Å². The Hall–Kier alpha value is -1.13. The number of aryl methyl sites for hydroxylation is 1. The van der Waals surface area contributed by atoms with Crippen molar-refractivity contribution in [3.8, 4) is 0 Å². The summed E-state index contributed by atoms with van der Waals surface area (Å²) < 4.78 is 13.1. The summed E-state index contributed by atoms with van der Waals surface area (Å²) in [5.74, 6) is 0.598. The van der Waals surface area contributed by atoms with Gasteiger partial charge in [0.25, 0.3) is 0 Å². The molecular weight excluding hydrogens is 315 g/mol. The molecule has 1 heterocycles. The van der Waals surface area contributed by atoms with Crippen LogP contribution in [0.5, 0.6) is 0 Å². The van der Waals surface area contributed by atoms with E-state index in [1.807, 2.05) is 6.92 Å². The Balaban J connectivity index is 0.00000192. The van der Waals surface area contributed by atoms with Gasteiger partial charge in [-0.15, -0.1) is 12.4 Å². The maximum Gasteiger partial charge on any atom is 0.237 e. The molecule has 1 amide bonds. The summed E-state index contributed by atoms with van der Waals surface area (Å²) in [6.07, 6.45) is 6.79. The molecule has 0 aromatic heterocycles. The lowest BCUT2D eigenvalue weighted by atomic mass is 9.85. The number of benzene rings is 1. The van der Waals surface area contributed by atoms with Gasteiger partial charge in [0.15, 0.2) is 0 Å². The number of nitrogens with one attached hydrogen (secondary N) is 2. The third kappa shape index (κ3) is 4.45. The third-order valence-corrected chi connectivity index (χ3v) is 5.18. The van der Waals surface area contributed by atoms with Gasteiger partial charge >= 0.3 is 0 Å². The van der Waals surface area contributed by atoms with Crippen molar-refractivity contribution in [1.82, 2.24) is 10.6 Å². The number of rotatable bonds is 4. The molecule has 1 saturated heterocycles. The summed E-state index contributed by atoms with van der Waals surface area (Å²) in [4.78, 5) is 12.3. The maximum absolute atomic E-state index is 13.1. The fourth-order valence-electron chi connectivity index (χ4n) is 3.90. The van der Waals surface area contributed by atoms with Gasteiger partial charge in [-0.05, 0) is 61.8 Å². The summed E-state index contributed by atoms with van der Waals surface area (Å²) in [6, 6.07) is 5.35. The molecule has 0 spiro atoms. The van der Waals surface area contributed by atoms with Gasteiger partial charge in [-0.2, -0.15) is 0 Å². The average molecular weight is 341 g/mol. The van der Waals surface area contributed by atoms with Crippen LogP contribution in [0.4, 0.5) is 4.39 Å². The molecule has 3 atom stereocenters. The lowest BCUT2D eigenvalue weighted by Gasteiger charge is -2.24. The second kappa shape index (κ2) is 8.11. The first-order chi connectivity index (χ1) is 10.6. The minimum Gasteiger partial charge on any atom is -0.354 e. The maximum atomic E-state index is 13.1.